The van der Waals surface area contributed by atoms with Crippen LogP contribution in [0.4, 0.5) is 4.39 Å². The van der Waals surface area contributed by atoms with Crippen LogP contribution in [0.1, 0.15) is 25.3 Å². The van der Waals surface area contributed by atoms with Crippen molar-refractivity contribution in [3.05, 3.63) is 35.6 Å². The van der Waals surface area contributed by atoms with E-state index in [4.69, 9.17) is 0 Å². The minimum atomic E-state index is -0.553. The number of hydrogen-bond donors (Lipinski definition) is 1. The lowest BCUT2D eigenvalue weighted by atomic mass is 10.0. The van der Waals surface area contributed by atoms with Gasteiger partial charge in [-0.3, -0.25) is 0 Å². The van der Waals surface area contributed by atoms with Crippen molar-refractivity contribution in [2.75, 3.05) is 0 Å². The van der Waals surface area contributed by atoms with Gasteiger partial charge in [0.2, 0.25) is 0 Å². The van der Waals surface area contributed by atoms with Crippen LogP contribution in [0.3, 0.4) is 0 Å². The smallest absolute Gasteiger partial charge is 0.123 e. The molecule has 1 aromatic carbocycles. The average Bonchev–Trinajstić information content (AvgIpc) is 2.76. The fraction of sp³-hybridized carbons (Fsp3) is 0.500. The topological polar surface area (TPSA) is 20.2 Å². The molecule has 1 aliphatic rings. The first kappa shape index (κ1) is 9.66. The van der Waals surface area contributed by atoms with Crippen molar-refractivity contribution >= 4 is 0 Å². The Morgan fingerprint density at radius 3 is 2.93 bits per heavy atom. The predicted molar refractivity (Wildman–Crippen MR) is 53.5 cm³/mol. The van der Waals surface area contributed by atoms with Crippen LogP contribution in [0, 0.1) is 11.7 Å². The van der Waals surface area contributed by atoms with Crippen molar-refractivity contribution in [1.82, 2.24) is 0 Å². The van der Waals surface area contributed by atoms with Gasteiger partial charge >= 0.3 is 0 Å². The molecule has 0 spiro atoms. The van der Waals surface area contributed by atoms with Gasteiger partial charge in [-0.2, -0.15) is 0 Å². The molecule has 1 N–H and O–H groups in total. The summed E-state index contributed by atoms with van der Waals surface area (Å²) in [4.78, 5) is 0. The molecule has 0 amide bonds. The van der Waals surface area contributed by atoms with Gasteiger partial charge in [-0.1, -0.05) is 25.5 Å². The highest BCUT2D eigenvalue weighted by molar-refractivity contribution is 5.21. The molecule has 0 bridgehead atoms. The quantitative estimate of drug-likeness (QED) is 0.784. The lowest BCUT2D eigenvalue weighted by molar-refractivity contribution is 0.130. The first-order valence-corrected chi connectivity index (χ1v) is 5.11. The lowest BCUT2D eigenvalue weighted by Gasteiger charge is -2.09. The van der Waals surface area contributed by atoms with Crippen molar-refractivity contribution < 1.29 is 9.50 Å². The van der Waals surface area contributed by atoms with Crippen LogP contribution in [-0.4, -0.2) is 10.7 Å². The van der Waals surface area contributed by atoms with Gasteiger partial charge in [0, 0.05) is 6.42 Å². The fourth-order valence-electron chi connectivity index (χ4n) is 2.11. The zero-order valence-electron chi connectivity index (χ0n) is 8.33. The van der Waals surface area contributed by atoms with Gasteiger partial charge in [-0.05, 0) is 30.0 Å². The summed E-state index contributed by atoms with van der Waals surface area (Å²) in [6.45, 7) is 2.08. The third kappa shape index (κ3) is 1.80. The van der Waals surface area contributed by atoms with Crippen LogP contribution < -0.4 is 0 Å². The van der Waals surface area contributed by atoms with Crippen LogP contribution in [0.2, 0.25) is 0 Å². The molecule has 2 atom stereocenters. The van der Waals surface area contributed by atoms with Gasteiger partial charge in [0.05, 0.1) is 5.60 Å². The molecule has 0 heterocycles. The van der Waals surface area contributed by atoms with Crippen molar-refractivity contribution in [1.29, 1.82) is 0 Å². The summed E-state index contributed by atoms with van der Waals surface area (Å²) in [5.74, 6) is 0.186. The highest BCUT2D eigenvalue weighted by Gasteiger charge is 2.51. The van der Waals surface area contributed by atoms with E-state index in [9.17, 15) is 9.50 Å². The molecule has 76 valence electrons. The van der Waals surface area contributed by atoms with E-state index in [0.29, 0.717) is 12.3 Å². The van der Waals surface area contributed by atoms with Crippen LogP contribution in [0.15, 0.2) is 24.3 Å². The molecule has 1 aliphatic carbocycles. The van der Waals surface area contributed by atoms with E-state index in [1.807, 2.05) is 6.07 Å². The van der Waals surface area contributed by atoms with Crippen LogP contribution in [-0.2, 0) is 6.42 Å². The van der Waals surface area contributed by atoms with E-state index in [1.54, 1.807) is 6.07 Å². The summed E-state index contributed by atoms with van der Waals surface area (Å²) in [5.41, 5.74) is 0.339. The number of benzene rings is 1. The van der Waals surface area contributed by atoms with Gasteiger partial charge in [-0.25, -0.2) is 4.39 Å². The monoisotopic (exact) mass is 194 g/mol. The zero-order valence-corrected chi connectivity index (χ0v) is 8.33. The summed E-state index contributed by atoms with van der Waals surface area (Å²) in [6.07, 6.45) is 2.45. The first-order valence-electron chi connectivity index (χ1n) is 5.11. The van der Waals surface area contributed by atoms with Crippen molar-refractivity contribution in [3.8, 4) is 0 Å². The summed E-state index contributed by atoms with van der Waals surface area (Å²) in [6, 6.07) is 6.49. The fourth-order valence-corrected chi connectivity index (χ4v) is 2.11. The molecule has 2 unspecified atom stereocenters. The molecule has 1 saturated carbocycles. The predicted octanol–water partition coefficient (Wildman–Crippen LogP) is 2.53. The maximum absolute atomic E-state index is 12.9. The van der Waals surface area contributed by atoms with E-state index in [-0.39, 0.29) is 5.82 Å². The number of rotatable bonds is 3. The third-order valence-corrected chi connectivity index (χ3v) is 3.09. The zero-order chi connectivity index (χ0) is 10.2. The molecule has 2 rings (SSSR count). The largest absolute Gasteiger partial charge is 0.389 e. The molecular weight excluding hydrogens is 179 g/mol. The number of halogens is 1. The Kier molecular flexibility index (Phi) is 2.31. The number of hydrogen-bond acceptors (Lipinski definition) is 1. The van der Waals surface area contributed by atoms with Crippen LogP contribution >= 0.6 is 0 Å². The van der Waals surface area contributed by atoms with E-state index in [1.165, 1.54) is 12.1 Å². The summed E-state index contributed by atoms with van der Waals surface area (Å²) in [7, 11) is 0. The first-order chi connectivity index (χ1) is 6.64. The average molecular weight is 194 g/mol. The Bertz CT molecular complexity index is 337. The van der Waals surface area contributed by atoms with Crippen LogP contribution in [0.25, 0.3) is 0 Å². The normalized spacial score (nSPS) is 30.4. The Morgan fingerprint density at radius 1 is 1.57 bits per heavy atom. The highest BCUT2D eigenvalue weighted by Crippen LogP contribution is 2.47. The second kappa shape index (κ2) is 3.35. The second-order valence-corrected chi connectivity index (χ2v) is 4.22. The SMILES string of the molecule is CCC1CC1(O)Cc1cccc(F)c1. The molecule has 1 aromatic rings. The molecule has 0 saturated heterocycles. The van der Waals surface area contributed by atoms with Gasteiger partial charge in [-0.15, -0.1) is 0 Å². The molecule has 0 aliphatic heterocycles. The maximum Gasteiger partial charge on any atom is 0.123 e. The van der Waals surface area contributed by atoms with E-state index in [0.717, 1.165) is 18.4 Å². The van der Waals surface area contributed by atoms with E-state index >= 15 is 0 Å². The standard InChI is InChI=1S/C12H15FO/c1-2-10-8-12(10,14)7-9-4-3-5-11(13)6-9/h3-6,10,14H,2,7-8H2,1H3. The molecule has 1 nitrogen and oxygen atoms in total. The molecule has 2 heteroatoms. The number of aliphatic hydroxyl groups is 1. The molecule has 0 aromatic heterocycles. The van der Waals surface area contributed by atoms with Gasteiger partial charge in [0.15, 0.2) is 0 Å². The Balaban J connectivity index is 2.05. The molecule has 0 radical (unpaired) electrons. The van der Waals surface area contributed by atoms with Crippen LogP contribution in [0.5, 0.6) is 0 Å². The third-order valence-electron chi connectivity index (χ3n) is 3.09. The van der Waals surface area contributed by atoms with Crippen molar-refractivity contribution in [3.63, 3.8) is 0 Å². The van der Waals surface area contributed by atoms with Crippen molar-refractivity contribution in [2.24, 2.45) is 5.92 Å². The highest BCUT2D eigenvalue weighted by atomic mass is 19.1. The van der Waals surface area contributed by atoms with E-state index < -0.39 is 5.60 Å². The minimum Gasteiger partial charge on any atom is -0.389 e. The molecule has 1 fully saturated rings. The maximum atomic E-state index is 12.9. The van der Waals surface area contributed by atoms with E-state index in [2.05, 4.69) is 6.92 Å². The summed E-state index contributed by atoms with van der Waals surface area (Å²) in [5, 5.41) is 10.0. The Morgan fingerprint density at radius 2 is 2.36 bits per heavy atom. The second-order valence-electron chi connectivity index (χ2n) is 4.22. The van der Waals surface area contributed by atoms with Gasteiger partial charge in [0.1, 0.15) is 5.82 Å². The van der Waals surface area contributed by atoms with Crippen molar-refractivity contribution in [2.45, 2.75) is 31.8 Å². The lowest BCUT2D eigenvalue weighted by Crippen LogP contribution is -2.14. The van der Waals surface area contributed by atoms with Gasteiger partial charge < -0.3 is 5.11 Å². The molecular formula is C12H15FO. The minimum absolute atomic E-state index is 0.222. The Hall–Kier alpha value is -0.890. The van der Waals surface area contributed by atoms with Gasteiger partial charge in [0.25, 0.3) is 0 Å². The summed E-state index contributed by atoms with van der Waals surface area (Å²) < 4.78 is 12.9. The summed E-state index contributed by atoms with van der Waals surface area (Å²) >= 11 is 0. The molecule has 14 heavy (non-hydrogen) atoms. The Labute approximate surface area is 83.6 Å².